The van der Waals surface area contributed by atoms with Gasteiger partial charge < -0.3 is 15.0 Å². The molecule has 1 heterocycles. The molecule has 3 rings (SSSR count). The van der Waals surface area contributed by atoms with Gasteiger partial charge in [0.25, 0.3) is 5.91 Å². The standard InChI is InChI=1S/C21H20Cl2F4N2O2/c22-17-3-2-15(12-18(17)23)31-14-5-8-29(9-6-14)10-7-28-20(30)16-11-13(21(25,26)27)1-4-19(16)24/h1-4,11-12,14H,5-10H2,(H,28,30). The average Bonchev–Trinajstić information content (AvgIpc) is 2.71. The number of hydrogen-bond acceptors (Lipinski definition) is 3. The molecule has 0 aliphatic carbocycles. The Morgan fingerprint density at radius 1 is 1.10 bits per heavy atom. The van der Waals surface area contributed by atoms with Crippen molar-refractivity contribution in [3.63, 3.8) is 0 Å². The molecule has 31 heavy (non-hydrogen) atoms. The third kappa shape index (κ3) is 6.48. The van der Waals surface area contributed by atoms with Gasteiger partial charge in [-0.1, -0.05) is 23.2 Å². The lowest BCUT2D eigenvalue weighted by atomic mass is 10.1. The molecule has 4 nitrogen and oxygen atoms in total. The van der Waals surface area contributed by atoms with Gasteiger partial charge in [0, 0.05) is 32.2 Å². The van der Waals surface area contributed by atoms with Gasteiger partial charge in [-0.05, 0) is 43.2 Å². The van der Waals surface area contributed by atoms with E-state index in [1.54, 1.807) is 18.2 Å². The van der Waals surface area contributed by atoms with E-state index in [4.69, 9.17) is 27.9 Å². The van der Waals surface area contributed by atoms with Crippen LogP contribution < -0.4 is 10.1 Å². The van der Waals surface area contributed by atoms with E-state index in [-0.39, 0.29) is 12.6 Å². The monoisotopic (exact) mass is 478 g/mol. The molecule has 0 saturated carbocycles. The quantitative estimate of drug-likeness (QED) is 0.563. The van der Waals surface area contributed by atoms with Gasteiger partial charge in [0.2, 0.25) is 0 Å². The zero-order chi connectivity index (χ0) is 22.6. The summed E-state index contributed by atoms with van der Waals surface area (Å²) < 4.78 is 58.1. The Morgan fingerprint density at radius 3 is 2.45 bits per heavy atom. The van der Waals surface area contributed by atoms with Crippen LogP contribution in [-0.4, -0.2) is 43.1 Å². The SMILES string of the molecule is O=C(NCCN1CCC(Oc2ccc(Cl)c(Cl)c2)CC1)c1cc(C(F)(F)F)ccc1F. The molecule has 2 aromatic rings. The van der Waals surface area contributed by atoms with Gasteiger partial charge in [-0.25, -0.2) is 4.39 Å². The number of alkyl halides is 3. The summed E-state index contributed by atoms with van der Waals surface area (Å²) in [6.07, 6.45) is -3.11. The zero-order valence-corrected chi connectivity index (χ0v) is 17.8. The van der Waals surface area contributed by atoms with Gasteiger partial charge in [-0.3, -0.25) is 4.79 Å². The van der Waals surface area contributed by atoms with E-state index >= 15 is 0 Å². The van der Waals surface area contributed by atoms with Crippen LogP contribution in [-0.2, 0) is 6.18 Å². The number of rotatable bonds is 6. The number of piperidine rings is 1. The number of halogens is 6. The first-order valence-electron chi connectivity index (χ1n) is 9.62. The van der Waals surface area contributed by atoms with Crippen molar-refractivity contribution in [1.82, 2.24) is 10.2 Å². The van der Waals surface area contributed by atoms with Gasteiger partial charge >= 0.3 is 6.18 Å². The molecule has 168 valence electrons. The lowest BCUT2D eigenvalue weighted by Crippen LogP contribution is -2.42. The average molecular weight is 479 g/mol. The molecule has 1 saturated heterocycles. The Hall–Kier alpha value is -2.03. The highest BCUT2D eigenvalue weighted by atomic mass is 35.5. The number of hydrogen-bond donors (Lipinski definition) is 1. The van der Waals surface area contributed by atoms with E-state index in [0.29, 0.717) is 40.5 Å². The second-order valence-electron chi connectivity index (χ2n) is 7.18. The molecule has 0 spiro atoms. The highest BCUT2D eigenvalue weighted by Crippen LogP contribution is 2.30. The molecule has 0 unspecified atom stereocenters. The maximum Gasteiger partial charge on any atom is 0.416 e. The minimum Gasteiger partial charge on any atom is -0.490 e. The summed E-state index contributed by atoms with van der Waals surface area (Å²) in [5.41, 5.74) is -1.69. The molecule has 1 aliphatic heterocycles. The topological polar surface area (TPSA) is 41.6 Å². The van der Waals surface area contributed by atoms with E-state index in [2.05, 4.69) is 10.2 Å². The van der Waals surface area contributed by atoms with Gasteiger partial charge in [-0.15, -0.1) is 0 Å². The van der Waals surface area contributed by atoms with Crippen molar-refractivity contribution in [2.45, 2.75) is 25.1 Å². The fourth-order valence-electron chi connectivity index (χ4n) is 3.29. The van der Waals surface area contributed by atoms with Crippen LogP contribution in [0.15, 0.2) is 36.4 Å². The van der Waals surface area contributed by atoms with Gasteiger partial charge in [0.05, 0.1) is 21.2 Å². The van der Waals surface area contributed by atoms with Crippen LogP contribution in [0.25, 0.3) is 0 Å². The summed E-state index contributed by atoms with van der Waals surface area (Å²) in [5, 5.41) is 3.36. The van der Waals surface area contributed by atoms with Crippen LogP contribution in [0.2, 0.25) is 10.0 Å². The van der Waals surface area contributed by atoms with Crippen molar-refractivity contribution in [3.8, 4) is 5.75 Å². The molecular formula is C21H20Cl2F4N2O2. The summed E-state index contributed by atoms with van der Waals surface area (Å²) >= 11 is 11.9. The van der Waals surface area contributed by atoms with E-state index < -0.39 is 29.0 Å². The van der Waals surface area contributed by atoms with Crippen molar-refractivity contribution in [3.05, 3.63) is 63.4 Å². The third-order valence-electron chi connectivity index (χ3n) is 4.98. The molecule has 0 atom stereocenters. The first-order chi connectivity index (χ1) is 14.6. The fraction of sp³-hybridized carbons (Fsp3) is 0.381. The summed E-state index contributed by atoms with van der Waals surface area (Å²) in [6.45, 7) is 2.12. The number of benzene rings is 2. The Kier molecular flexibility index (Phi) is 7.67. The summed E-state index contributed by atoms with van der Waals surface area (Å²) in [5.74, 6) is -1.23. The minimum atomic E-state index is -4.65. The Balaban J connectivity index is 1.44. The van der Waals surface area contributed by atoms with Crippen molar-refractivity contribution >= 4 is 29.1 Å². The summed E-state index contributed by atoms with van der Waals surface area (Å²) in [7, 11) is 0. The molecular weight excluding hydrogens is 459 g/mol. The second kappa shape index (κ2) is 10.1. The number of likely N-dealkylation sites (tertiary alicyclic amines) is 1. The zero-order valence-electron chi connectivity index (χ0n) is 16.3. The first kappa shape index (κ1) is 23.6. The van der Waals surface area contributed by atoms with Crippen molar-refractivity contribution in [2.24, 2.45) is 0 Å². The van der Waals surface area contributed by atoms with E-state index in [0.717, 1.165) is 25.9 Å². The van der Waals surface area contributed by atoms with Crippen LogP contribution in [0.4, 0.5) is 17.6 Å². The number of carbonyl (C=O) groups excluding carboxylic acids is 1. The maximum absolute atomic E-state index is 13.8. The van der Waals surface area contributed by atoms with Crippen molar-refractivity contribution in [2.75, 3.05) is 26.2 Å². The number of carbonyl (C=O) groups is 1. The predicted octanol–water partition coefficient (Wildman–Crippen LogP) is 5.42. The van der Waals surface area contributed by atoms with Crippen LogP contribution in [0.3, 0.4) is 0 Å². The molecule has 1 aliphatic rings. The van der Waals surface area contributed by atoms with E-state index in [1.165, 1.54) is 0 Å². The number of amides is 1. The molecule has 1 fully saturated rings. The molecule has 10 heteroatoms. The van der Waals surface area contributed by atoms with E-state index in [9.17, 15) is 22.4 Å². The van der Waals surface area contributed by atoms with E-state index in [1.807, 2.05) is 0 Å². The molecule has 0 bridgehead atoms. The Bertz CT molecular complexity index is 932. The molecule has 0 radical (unpaired) electrons. The van der Waals surface area contributed by atoms with Crippen molar-refractivity contribution in [1.29, 1.82) is 0 Å². The predicted molar refractivity (Wildman–Crippen MR) is 110 cm³/mol. The molecule has 0 aromatic heterocycles. The van der Waals surface area contributed by atoms with Gasteiger partial charge in [0.15, 0.2) is 0 Å². The number of ether oxygens (including phenoxy) is 1. The Labute approximate surface area is 187 Å². The van der Waals surface area contributed by atoms with Crippen LogP contribution in [0, 0.1) is 5.82 Å². The molecule has 1 amide bonds. The second-order valence-corrected chi connectivity index (χ2v) is 8.00. The minimum absolute atomic E-state index is 0.0160. The largest absolute Gasteiger partial charge is 0.490 e. The lowest BCUT2D eigenvalue weighted by Gasteiger charge is -2.32. The fourth-order valence-corrected chi connectivity index (χ4v) is 3.58. The normalized spacial score (nSPS) is 15.7. The summed E-state index contributed by atoms with van der Waals surface area (Å²) in [6, 6.07) is 6.87. The maximum atomic E-state index is 13.8. The lowest BCUT2D eigenvalue weighted by molar-refractivity contribution is -0.137. The molecule has 1 N–H and O–H groups in total. The van der Waals surface area contributed by atoms with Crippen LogP contribution in [0.5, 0.6) is 5.75 Å². The van der Waals surface area contributed by atoms with Crippen LogP contribution in [0.1, 0.15) is 28.8 Å². The number of nitrogens with one attached hydrogen (secondary N) is 1. The molecule has 2 aromatic carbocycles. The third-order valence-corrected chi connectivity index (χ3v) is 5.72. The highest BCUT2D eigenvalue weighted by Gasteiger charge is 2.32. The van der Waals surface area contributed by atoms with Gasteiger partial charge in [-0.2, -0.15) is 13.2 Å². The van der Waals surface area contributed by atoms with Crippen LogP contribution >= 0.6 is 23.2 Å². The van der Waals surface area contributed by atoms with Gasteiger partial charge in [0.1, 0.15) is 17.7 Å². The smallest absolute Gasteiger partial charge is 0.416 e. The first-order valence-corrected chi connectivity index (χ1v) is 10.4. The van der Waals surface area contributed by atoms with Crippen molar-refractivity contribution < 1.29 is 27.1 Å². The summed E-state index contributed by atoms with van der Waals surface area (Å²) in [4.78, 5) is 14.2. The Morgan fingerprint density at radius 2 is 1.81 bits per heavy atom. The number of nitrogens with zero attached hydrogens (tertiary/aromatic N) is 1. The highest BCUT2D eigenvalue weighted by molar-refractivity contribution is 6.42.